The number of ether oxygens (including phenoxy) is 2. The molecule has 7 heteroatoms. The third-order valence-corrected chi connectivity index (χ3v) is 4.57. The molecule has 0 saturated heterocycles. The Hall–Kier alpha value is -2.22. The molecule has 0 bridgehead atoms. The van der Waals surface area contributed by atoms with Gasteiger partial charge in [0.1, 0.15) is 6.61 Å². The molecule has 6 nitrogen and oxygen atoms in total. The molecule has 0 aromatic heterocycles. The lowest BCUT2D eigenvalue weighted by Crippen LogP contribution is -2.15. The minimum atomic E-state index is -3.78. The van der Waals surface area contributed by atoms with Gasteiger partial charge in [-0.05, 0) is 31.2 Å². The highest BCUT2D eigenvalue weighted by molar-refractivity contribution is 7.86. The van der Waals surface area contributed by atoms with Gasteiger partial charge < -0.3 is 9.47 Å². The summed E-state index contributed by atoms with van der Waals surface area (Å²) in [6.07, 6.45) is 0. The monoisotopic (exact) mass is 364 g/mol. The minimum Gasteiger partial charge on any atom is -0.460 e. The molecule has 0 spiro atoms. The quantitative estimate of drug-likeness (QED) is 0.387. The van der Waals surface area contributed by atoms with E-state index in [0.717, 1.165) is 5.56 Å². The molecule has 0 N–H and O–H groups in total. The Morgan fingerprint density at radius 1 is 0.880 bits per heavy atom. The van der Waals surface area contributed by atoms with Crippen LogP contribution < -0.4 is 0 Å². The van der Waals surface area contributed by atoms with Gasteiger partial charge in [-0.3, -0.25) is 4.18 Å². The Morgan fingerprint density at radius 2 is 1.52 bits per heavy atom. The van der Waals surface area contributed by atoms with Crippen molar-refractivity contribution in [2.45, 2.75) is 11.8 Å². The Bertz CT molecular complexity index is 769. The zero-order chi connectivity index (χ0) is 18.1. The Morgan fingerprint density at radius 3 is 2.20 bits per heavy atom. The number of aryl methyl sites for hydroxylation is 1. The first-order valence-corrected chi connectivity index (χ1v) is 9.16. The fourth-order valence-electron chi connectivity index (χ4n) is 1.93. The van der Waals surface area contributed by atoms with Gasteiger partial charge in [0.05, 0.1) is 30.3 Å². The summed E-state index contributed by atoms with van der Waals surface area (Å²) in [5, 5.41) is 0. The molecule has 0 saturated carbocycles. The lowest BCUT2D eigenvalue weighted by Gasteiger charge is -2.08. The van der Waals surface area contributed by atoms with E-state index < -0.39 is 16.1 Å². The van der Waals surface area contributed by atoms with Gasteiger partial charge in [-0.25, -0.2) is 4.79 Å². The largest absolute Gasteiger partial charge is 0.460 e. The third-order valence-electron chi connectivity index (χ3n) is 3.25. The highest BCUT2D eigenvalue weighted by atomic mass is 32.2. The molecular formula is C18H20O6S. The van der Waals surface area contributed by atoms with Crippen LogP contribution >= 0.6 is 0 Å². The van der Waals surface area contributed by atoms with E-state index in [9.17, 15) is 13.2 Å². The average molecular weight is 364 g/mol. The van der Waals surface area contributed by atoms with Crippen molar-refractivity contribution in [1.82, 2.24) is 0 Å². The van der Waals surface area contributed by atoms with Crippen LogP contribution in [0.2, 0.25) is 0 Å². The van der Waals surface area contributed by atoms with Gasteiger partial charge in [0.15, 0.2) is 0 Å². The Labute approximate surface area is 147 Å². The van der Waals surface area contributed by atoms with Gasteiger partial charge in [0.25, 0.3) is 10.1 Å². The fraction of sp³-hybridized carbons (Fsp3) is 0.278. The van der Waals surface area contributed by atoms with Gasteiger partial charge in [0.2, 0.25) is 0 Å². The van der Waals surface area contributed by atoms with Crippen molar-refractivity contribution in [3.8, 4) is 0 Å². The molecule has 0 amide bonds. The first-order valence-electron chi connectivity index (χ1n) is 7.75. The summed E-state index contributed by atoms with van der Waals surface area (Å²) in [6, 6.07) is 15.0. The Kier molecular flexibility index (Phi) is 7.12. The zero-order valence-corrected chi connectivity index (χ0v) is 14.7. The highest BCUT2D eigenvalue weighted by Crippen LogP contribution is 2.12. The molecule has 0 aliphatic rings. The maximum atomic E-state index is 11.9. The maximum absolute atomic E-state index is 11.9. The summed E-state index contributed by atoms with van der Waals surface area (Å²) in [7, 11) is -3.78. The van der Waals surface area contributed by atoms with Crippen molar-refractivity contribution in [2.24, 2.45) is 0 Å². The average Bonchev–Trinajstić information content (AvgIpc) is 2.62. The molecule has 0 aliphatic heterocycles. The van der Waals surface area contributed by atoms with Crippen LogP contribution in [0.15, 0.2) is 59.5 Å². The summed E-state index contributed by atoms with van der Waals surface area (Å²) in [5.74, 6) is -0.428. The summed E-state index contributed by atoms with van der Waals surface area (Å²) in [4.78, 5) is 11.8. The second-order valence-corrected chi connectivity index (χ2v) is 6.82. The van der Waals surface area contributed by atoms with Crippen LogP contribution in [0.5, 0.6) is 0 Å². The zero-order valence-electron chi connectivity index (χ0n) is 13.9. The van der Waals surface area contributed by atoms with Crippen molar-refractivity contribution in [3.05, 3.63) is 65.7 Å². The van der Waals surface area contributed by atoms with Crippen molar-refractivity contribution in [1.29, 1.82) is 0 Å². The van der Waals surface area contributed by atoms with Crippen molar-refractivity contribution >= 4 is 16.1 Å². The summed E-state index contributed by atoms with van der Waals surface area (Å²) in [5.41, 5.74) is 1.43. The van der Waals surface area contributed by atoms with Gasteiger partial charge in [-0.1, -0.05) is 35.9 Å². The smallest absolute Gasteiger partial charge is 0.338 e. The van der Waals surface area contributed by atoms with E-state index in [2.05, 4.69) is 0 Å². The predicted octanol–water partition coefficient (Wildman–Crippen LogP) is 2.57. The SMILES string of the molecule is Cc1ccc(S(=O)(=O)OCCOCCOC(=O)c2ccccc2)cc1. The standard InChI is InChI=1S/C18H20O6S/c1-15-7-9-17(10-8-15)25(20,21)24-14-12-22-11-13-23-18(19)16-5-3-2-4-6-16/h2-10H,11-14H2,1H3. The van der Waals surface area contributed by atoms with Gasteiger partial charge in [-0.15, -0.1) is 0 Å². The highest BCUT2D eigenvalue weighted by Gasteiger charge is 2.14. The summed E-state index contributed by atoms with van der Waals surface area (Å²) >= 11 is 0. The molecule has 2 aromatic carbocycles. The van der Waals surface area contributed by atoms with E-state index in [0.29, 0.717) is 5.56 Å². The third kappa shape index (κ3) is 6.30. The maximum Gasteiger partial charge on any atom is 0.338 e. The molecule has 0 aliphatic carbocycles. The number of rotatable bonds is 9. The number of hydrogen-bond acceptors (Lipinski definition) is 6. The second-order valence-electron chi connectivity index (χ2n) is 5.20. The molecule has 25 heavy (non-hydrogen) atoms. The van der Waals surface area contributed by atoms with E-state index >= 15 is 0 Å². The van der Waals surface area contributed by atoms with Crippen LogP contribution in [-0.2, 0) is 23.8 Å². The van der Waals surface area contributed by atoms with E-state index in [1.165, 1.54) is 12.1 Å². The Balaban J connectivity index is 1.62. The normalized spacial score (nSPS) is 11.2. The molecule has 0 atom stereocenters. The van der Waals surface area contributed by atoms with Gasteiger partial charge >= 0.3 is 5.97 Å². The lowest BCUT2D eigenvalue weighted by atomic mass is 10.2. The number of carbonyl (C=O) groups excluding carboxylic acids is 1. The van der Waals surface area contributed by atoms with Gasteiger partial charge in [-0.2, -0.15) is 8.42 Å². The van der Waals surface area contributed by atoms with E-state index in [-0.39, 0.29) is 31.3 Å². The van der Waals surface area contributed by atoms with Crippen LogP contribution in [-0.4, -0.2) is 40.8 Å². The van der Waals surface area contributed by atoms with Crippen LogP contribution in [0.3, 0.4) is 0 Å². The molecule has 2 aromatic rings. The van der Waals surface area contributed by atoms with Crippen molar-refractivity contribution in [2.75, 3.05) is 26.4 Å². The molecule has 134 valence electrons. The fourth-order valence-corrected chi connectivity index (χ4v) is 2.82. The molecule has 0 heterocycles. The van der Waals surface area contributed by atoms with E-state index in [1.54, 1.807) is 36.4 Å². The second kappa shape index (κ2) is 9.31. The van der Waals surface area contributed by atoms with Crippen LogP contribution in [0.4, 0.5) is 0 Å². The molecule has 2 rings (SSSR count). The first-order chi connectivity index (χ1) is 12.0. The van der Waals surface area contributed by atoms with E-state index in [1.807, 2.05) is 13.0 Å². The van der Waals surface area contributed by atoms with Crippen LogP contribution in [0.1, 0.15) is 15.9 Å². The summed E-state index contributed by atoms with van der Waals surface area (Å²) < 4.78 is 39.0. The first kappa shape index (κ1) is 19.1. The summed E-state index contributed by atoms with van der Waals surface area (Å²) in [6.45, 7) is 2.08. The predicted molar refractivity (Wildman–Crippen MR) is 91.9 cm³/mol. The van der Waals surface area contributed by atoms with Crippen molar-refractivity contribution < 1.29 is 26.9 Å². The number of benzene rings is 2. The van der Waals surface area contributed by atoms with Crippen LogP contribution in [0, 0.1) is 6.92 Å². The van der Waals surface area contributed by atoms with Crippen molar-refractivity contribution in [3.63, 3.8) is 0 Å². The van der Waals surface area contributed by atoms with Crippen LogP contribution in [0.25, 0.3) is 0 Å². The number of carbonyl (C=O) groups is 1. The minimum absolute atomic E-state index is 0.0774. The molecule has 0 fully saturated rings. The molecule has 0 unspecified atom stereocenters. The number of hydrogen-bond donors (Lipinski definition) is 0. The molecule has 0 radical (unpaired) electrons. The van der Waals surface area contributed by atoms with E-state index in [4.69, 9.17) is 13.7 Å². The topological polar surface area (TPSA) is 78.9 Å². The van der Waals surface area contributed by atoms with Gasteiger partial charge in [0, 0.05) is 0 Å². The lowest BCUT2D eigenvalue weighted by molar-refractivity contribution is 0.0277. The molecular weight excluding hydrogens is 344 g/mol. The number of esters is 1.